The van der Waals surface area contributed by atoms with E-state index in [0.717, 1.165) is 11.3 Å². The molecule has 0 unspecified atom stereocenters. The van der Waals surface area contributed by atoms with Gasteiger partial charge in [-0.25, -0.2) is 4.98 Å². The minimum atomic E-state index is -0.00523. The largest absolute Gasteiger partial charge is 0.490 e. The number of pyridine rings is 1. The van der Waals surface area contributed by atoms with Crippen molar-refractivity contribution in [3.63, 3.8) is 0 Å². The van der Waals surface area contributed by atoms with Crippen LogP contribution in [0.1, 0.15) is 42.5 Å². The maximum absolute atomic E-state index is 13.3. The van der Waals surface area contributed by atoms with Crippen LogP contribution in [0.15, 0.2) is 48.7 Å². The van der Waals surface area contributed by atoms with Crippen LogP contribution in [-0.4, -0.2) is 33.3 Å². The number of rotatable bonds is 7. The molecule has 136 valence electrons. The third-order valence-electron chi connectivity index (χ3n) is 4.41. The molecule has 0 N–H and O–H groups in total. The topological polar surface area (TPSA) is 46.8 Å². The molecular formula is C21H25N3O2. The van der Waals surface area contributed by atoms with Crippen molar-refractivity contribution in [2.24, 2.45) is 0 Å². The quantitative estimate of drug-likeness (QED) is 0.647. The zero-order valence-electron chi connectivity index (χ0n) is 15.6. The third-order valence-corrected chi connectivity index (χ3v) is 4.41. The summed E-state index contributed by atoms with van der Waals surface area (Å²) in [7, 11) is 0. The van der Waals surface area contributed by atoms with Crippen molar-refractivity contribution in [2.45, 2.75) is 33.7 Å². The lowest BCUT2D eigenvalue weighted by atomic mass is 10.2. The number of aromatic nitrogens is 2. The molecule has 0 spiro atoms. The molecule has 0 aliphatic rings. The summed E-state index contributed by atoms with van der Waals surface area (Å²) >= 11 is 0. The lowest BCUT2D eigenvalue weighted by molar-refractivity contribution is 0.0744. The molecule has 3 rings (SSSR count). The molecule has 1 aromatic carbocycles. The second-order valence-corrected chi connectivity index (χ2v) is 6.06. The van der Waals surface area contributed by atoms with Gasteiger partial charge in [0, 0.05) is 19.3 Å². The first kappa shape index (κ1) is 18.0. The molecule has 5 heteroatoms. The van der Waals surface area contributed by atoms with Gasteiger partial charge in [-0.1, -0.05) is 37.3 Å². The fourth-order valence-corrected chi connectivity index (χ4v) is 3.11. The molecule has 0 atom stereocenters. The second-order valence-electron chi connectivity index (χ2n) is 6.06. The standard InChI is InChI=1S/C21H25N3O2/c1-4-17-19(24-14-10-13-18(26-6-3)20(24)22-17)21(25)23(5-2)15-16-11-8-7-9-12-16/h7-14H,4-6,15H2,1-3H3. The van der Waals surface area contributed by atoms with Crippen LogP contribution in [0.2, 0.25) is 0 Å². The molecule has 1 amide bonds. The summed E-state index contributed by atoms with van der Waals surface area (Å²) in [6.07, 6.45) is 2.57. The average Bonchev–Trinajstić information content (AvgIpc) is 3.06. The zero-order chi connectivity index (χ0) is 18.5. The molecular weight excluding hydrogens is 326 g/mol. The molecule has 0 saturated carbocycles. The van der Waals surface area contributed by atoms with Gasteiger partial charge < -0.3 is 9.64 Å². The van der Waals surface area contributed by atoms with E-state index in [1.54, 1.807) is 0 Å². The molecule has 3 aromatic rings. The predicted molar refractivity (Wildman–Crippen MR) is 103 cm³/mol. The number of hydrogen-bond donors (Lipinski definition) is 0. The highest BCUT2D eigenvalue weighted by molar-refractivity contribution is 5.95. The summed E-state index contributed by atoms with van der Waals surface area (Å²) in [6, 6.07) is 13.8. The molecule has 2 heterocycles. The fraction of sp³-hybridized carbons (Fsp3) is 0.333. The number of carbonyl (C=O) groups is 1. The van der Waals surface area contributed by atoms with E-state index in [4.69, 9.17) is 4.74 Å². The van der Waals surface area contributed by atoms with Gasteiger partial charge in [-0.2, -0.15) is 0 Å². The number of imidazole rings is 1. The van der Waals surface area contributed by atoms with Gasteiger partial charge in [0.25, 0.3) is 5.91 Å². The Labute approximate surface area is 154 Å². The Balaban J connectivity index is 2.02. The Bertz CT molecular complexity index is 887. The molecule has 0 aliphatic carbocycles. The van der Waals surface area contributed by atoms with Crippen LogP contribution < -0.4 is 4.74 Å². The van der Waals surface area contributed by atoms with Crippen LogP contribution in [0.4, 0.5) is 0 Å². The first-order valence-corrected chi connectivity index (χ1v) is 9.15. The van der Waals surface area contributed by atoms with Crippen molar-refractivity contribution in [3.8, 4) is 5.75 Å². The molecule has 0 radical (unpaired) electrons. The number of aryl methyl sites for hydroxylation is 1. The van der Waals surface area contributed by atoms with E-state index in [2.05, 4.69) is 4.98 Å². The van der Waals surface area contributed by atoms with Crippen molar-refractivity contribution in [3.05, 3.63) is 65.6 Å². The van der Waals surface area contributed by atoms with Crippen LogP contribution in [0.25, 0.3) is 5.65 Å². The van der Waals surface area contributed by atoms with Crippen molar-refractivity contribution < 1.29 is 9.53 Å². The summed E-state index contributed by atoms with van der Waals surface area (Å²) in [5.41, 5.74) is 3.24. The van der Waals surface area contributed by atoms with Gasteiger partial charge >= 0.3 is 0 Å². The predicted octanol–water partition coefficient (Wildman–Crippen LogP) is 3.96. The van der Waals surface area contributed by atoms with Crippen LogP contribution >= 0.6 is 0 Å². The highest BCUT2D eigenvalue weighted by Crippen LogP contribution is 2.24. The van der Waals surface area contributed by atoms with E-state index in [9.17, 15) is 4.79 Å². The number of carbonyl (C=O) groups excluding carboxylic acids is 1. The van der Waals surface area contributed by atoms with E-state index >= 15 is 0 Å². The normalized spacial score (nSPS) is 10.9. The van der Waals surface area contributed by atoms with Crippen molar-refractivity contribution >= 4 is 11.6 Å². The molecule has 0 fully saturated rings. The molecule has 0 aliphatic heterocycles. The summed E-state index contributed by atoms with van der Waals surface area (Å²) in [6.45, 7) is 7.74. The SMILES string of the molecule is CCOc1cccn2c(C(=O)N(CC)Cc3ccccc3)c(CC)nc12. The number of fused-ring (bicyclic) bond motifs is 1. The first-order valence-electron chi connectivity index (χ1n) is 9.15. The van der Waals surface area contributed by atoms with Crippen LogP contribution in [0.5, 0.6) is 5.75 Å². The number of benzene rings is 1. The zero-order valence-corrected chi connectivity index (χ0v) is 15.6. The summed E-state index contributed by atoms with van der Waals surface area (Å²) in [4.78, 5) is 19.9. The lowest BCUT2D eigenvalue weighted by Crippen LogP contribution is -2.32. The van der Waals surface area contributed by atoms with Crippen LogP contribution in [-0.2, 0) is 13.0 Å². The minimum Gasteiger partial charge on any atom is -0.490 e. The maximum Gasteiger partial charge on any atom is 0.273 e. The smallest absolute Gasteiger partial charge is 0.273 e. The first-order chi connectivity index (χ1) is 12.7. The highest BCUT2D eigenvalue weighted by atomic mass is 16.5. The van der Waals surface area contributed by atoms with Gasteiger partial charge in [0.15, 0.2) is 11.4 Å². The van der Waals surface area contributed by atoms with E-state index in [0.29, 0.717) is 43.2 Å². The van der Waals surface area contributed by atoms with E-state index in [-0.39, 0.29) is 5.91 Å². The van der Waals surface area contributed by atoms with Gasteiger partial charge in [-0.05, 0) is 38.0 Å². The van der Waals surface area contributed by atoms with Gasteiger partial charge in [-0.15, -0.1) is 0 Å². The van der Waals surface area contributed by atoms with Gasteiger partial charge in [0.05, 0.1) is 12.3 Å². The second kappa shape index (κ2) is 8.04. The van der Waals surface area contributed by atoms with E-state index in [1.165, 1.54) is 0 Å². The average molecular weight is 351 g/mol. The molecule has 26 heavy (non-hydrogen) atoms. The molecule has 0 saturated heterocycles. The Morgan fingerprint density at radius 1 is 1.12 bits per heavy atom. The minimum absolute atomic E-state index is 0.00523. The summed E-state index contributed by atoms with van der Waals surface area (Å²) in [5.74, 6) is 0.698. The third kappa shape index (κ3) is 3.43. The number of nitrogens with zero attached hydrogens (tertiary/aromatic N) is 3. The molecule has 2 aromatic heterocycles. The summed E-state index contributed by atoms with van der Waals surface area (Å²) < 4.78 is 7.55. The Kier molecular flexibility index (Phi) is 5.56. The van der Waals surface area contributed by atoms with Crippen molar-refractivity contribution in [2.75, 3.05) is 13.2 Å². The van der Waals surface area contributed by atoms with E-state index in [1.807, 2.05) is 78.7 Å². The van der Waals surface area contributed by atoms with Crippen LogP contribution in [0, 0.1) is 0 Å². The molecule has 0 bridgehead atoms. The lowest BCUT2D eigenvalue weighted by Gasteiger charge is -2.21. The molecule has 5 nitrogen and oxygen atoms in total. The van der Waals surface area contributed by atoms with Gasteiger partial charge in [0.1, 0.15) is 5.69 Å². The van der Waals surface area contributed by atoms with Crippen molar-refractivity contribution in [1.82, 2.24) is 14.3 Å². The van der Waals surface area contributed by atoms with Gasteiger partial charge in [0.2, 0.25) is 0 Å². The number of hydrogen-bond acceptors (Lipinski definition) is 3. The maximum atomic E-state index is 13.3. The van der Waals surface area contributed by atoms with Crippen molar-refractivity contribution in [1.29, 1.82) is 0 Å². The monoisotopic (exact) mass is 351 g/mol. The number of amides is 1. The van der Waals surface area contributed by atoms with Crippen LogP contribution in [0.3, 0.4) is 0 Å². The number of ether oxygens (including phenoxy) is 1. The van der Waals surface area contributed by atoms with Gasteiger partial charge in [-0.3, -0.25) is 9.20 Å². The fourth-order valence-electron chi connectivity index (χ4n) is 3.11. The Hall–Kier alpha value is -2.82. The Morgan fingerprint density at radius 2 is 1.88 bits per heavy atom. The Morgan fingerprint density at radius 3 is 2.54 bits per heavy atom. The summed E-state index contributed by atoms with van der Waals surface area (Å²) in [5, 5.41) is 0. The van der Waals surface area contributed by atoms with E-state index < -0.39 is 0 Å². The highest BCUT2D eigenvalue weighted by Gasteiger charge is 2.24.